The predicted octanol–water partition coefficient (Wildman–Crippen LogP) is 4.18. The summed E-state index contributed by atoms with van der Waals surface area (Å²) >= 11 is 1.63. The van der Waals surface area contributed by atoms with E-state index in [1.165, 1.54) is 24.3 Å². The zero-order chi connectivity index (χ0) is 21.4. The molecule has 1 aliphatic rings. The molecule has 1 heterocycles. The standard InChI is InChI=1S/C21H25FN2O3S2/c1-13-5-7-15(29(26,27)24-21(2,3)4)12-16(13)20(25)23-18-9-10-28-19-8-6-14(22)11-17(18)19/h5-8,11-12,18,24H,9-10H2,1-4H3,(H,23,25). The van der Waals surface area contributed by atoms with Crippen molar-refractivity contribution in [3.63, 3.8) is 0 Å². The minimum absolute atomic E-state index is 0.0359. The van der Waals surface area contributed by atoms with Gasteiger partial charge in [0.25, 0.3) is 5.91 Å². The highest BCUT2D eigenvalue weighted by Crippen LogP contribution is 2.36. The number of hydrogen-bond acceptors (Lipinski definition) is 4. The van der Waals surface area contributed by atoms with Crippen molar-refractivity contribution in [3.05, 3.63) is 58.9 Å². The van der Waals surface area contributed by atoms with Crippen LogP contribution >= 0.6 is 11.8 Å². The molecule has 0 aromatic heterocycles. The van der Waals surface area contributed by atoms with Crippen molar-refractivity contribution in [2.45, 2.75) is 55.5 Å². The summed E-state index contributed by atoms with van der Waals surface area (Å²) in [5, 5.41) is 2.95. The number of hydrogen-bond donors (Lipinski definition) is 2. The first-order chi connectivity index (χ1) is 13.5. The van der Waals surface area contributed by atoms with Gasteiger partial charge < -0.3 is 5.32 Å². The molecule has 0 fully saturated rings. The summed E-state index contributed by atoms with van der Waals surface area (Å²) in [6.07, 6.45) is 0.676. The zero-order valence-electron chi connectivity index (χ0n) is 16.9. The van der Waals surface area contributed by atoms with E-state index in [0.29, 0.717) is 12.0 Å². The number of fused-ring (bicyclic) bond motifs is 1. The van der Waals surface area contributed by atoms with E-state index in [4.69, 9.17) is 0 Å². The SMILES string of the molecule is Cc1ccc(S(=O)(=O)NC(C)(C)C)cc1C(=O)NC1CCSc2ccc(F)cc21. The van der Waals surface area contributed by atoms with Gasteiger partial charge in [0.2, 0.25) is 10.0 Å². The van der Waals surface area contributed by atoms with Crippen LogP contribution in [0.25, 0.3) is 0 Å². The first-order valence-electron chi connectivity index (χ1n) is 9.34. The Morgan fingerprint density at radius 1 is 1.17 bits per heavy atom. The van der Waals surface area contributed by atoms with Gasteiger partial charge in [-0.3, -0.25) is 4.79 Å². The van der Waals surface area contributed by atoms with Crippen LogP contribution in [-0.4, -0.2) is 25.6 Å². The third kappa shape index (κ3) is 5.18. The first kappa shape index (κ1) is 21.8. The molecule has 5 nitrogen and oxygen atoms in total. The van der Waals surface area contributed by atoms with Crippen molar-refractivity contribution >= 4 is 27.7 Å². The number of benzene rings is 2. The Morgan fingerprint density at radius 3 is 2.59 bits per heavy atom. The summed E-state index contributed by atoms with van der Waals surface area (Å²) in [6.45, 7) is 7.02. The Kier molecular flexibility index (Phi) is 6.08. The number of sulfonamides is 1. The van der Waals surface area contributed by atoms with E-state index < -0.39 is 15.6 Å². The third-order valence-corrected chi connectivity index (χ3v) is 7.40. The van der Waals surface area contributed by atoms with Crippen LogP contribution < -0.4 is 10.0 Å². The van der Waals surface area contributed by atoms with Gasteiger partial charge in [0.15, 0.2) is 0 Å². The number of halogens is 1. The van der Waals surface area contributed by atoms with Gasteiger partial charge >= 0.3 is 0 Å². The Bertz CT molecular complexity index is 1050. The average Bonchev–Trinajstić information content (AvgIpc) is 2.60. The molecular formula is C21H25FN2O3S2. The predicted molar refractivity (Wildman–Crippen MR) is 113 cm³/mol. The Balaban J connectivity index is 1.89. The quantitative estimate of drug-likeness (QED) is 0.754. The van der Waals surface area contributed by atoms with Crippen molar-refractivity contribution in [2.24, 2.45) is 0 Å². The van der Waals surface area contributed by atoms with Gasteiger partial charge in [-0.25, -0.2) is 17.5 Å². The summed E-state index contributed by atoms with van der Waals surface area (Å²) in [4.78, 5) is 14.0. The zero-order valence-corrected chi connectivity index (χ0v) is 18.5. The van der Waals surface area contributed by atoms with Gasteiger partial charge in [-0.15, -0.1) is 11.8 Å². The highest BCUT2D eigenvalue weighted by atomic mass is 32.2. The minimum atomic E-state index is -3.76. The van der Waals surface area contributed by atoms with E-state index in [-0.39, 0.29) is 28.2 Å². The summed E-state index contributed by atoms with van der Waals surface area (Å²) in [6, 6.07) is 8.78. The van der Waals surface area contributed by atoms with Crippen molar-refractivity contribution in [1.82, 2.24) is 10.0 Å². The van der Waals surface area contributed by atoms with Crippen LogP contribution in [-0.2, 0) is 10.0 Å². The second-order valence-electron chi connectivity index (χ2n) is 8.18. The fourth-order valence-electron chi connectivity index (χ4n) is 3.23. The minimum Gasteiger partial charge on any atom is -0.345 e. The van der Waals surface area contributed by atoms with Crippen LogP contribution in [0.15, 0.2) is 46.2 Å². The topological polar surface area (TPSA) is 75.3 Å². The lowest BCUT2D eigenvalue weighted by Gasteiger charge is -2.26. The average molecular weight is 437 g/mol. The molecule has 0 radical (unpaired) electrons. The smallest absolute Gasteiger partial charge is 0.252 e. The van der Waals surface area contributed by atoms with Crippen molar-refractivity contribution in [2.75, 3.05) is 5.75 Å². The lowest BCUT2D eigenvalue weighted by atomic mass is 10.0. The van der Waals surface area contributed by atoms with Gasteiger partial charge in [0.05, 0.1) is 10.9 Å². The van der Waals surface area contributed by atoms with Gasteiger partial charge in [-0.2, -0.15) is 0 Å². The van der Waals surface area contributed by atoms with Crippen molar-refractivity contribution < 1.29 is 17.6 Å². The summed E-state index contributed by atoms with van der Waals surface area (Å²) in [5.41, 5.74) is 1.07. The molecule has 2 aromatic carbocycles. The molecule has 1 aliphatic heterocycles. The molecule has 1 amide bonds. The Hall–Kier alpha value is -1.90. The van der Waals surface area contributed by atoms with Gasteiger partial charge in [0, 0.05) is 21.8 Å². The van der Waals surface area contributed by atoms with Gasteiger partial charge in [-0.05, 0) is 75.6 Å². The van der Waals surface area contributed by atoms with Crippen molar-refractivity contribution in [3.8, 4) is 0 Å². The summed E-state index contributed by atoms with van der Waals surface area (Å²) < 4.78 is 41.6. The summed E-state index contributed by atoms with van der Waals surface area (Å²) in [7, 11) is -3.76. The summed E-state index contributed by atoms with van der Waals surface area (Å²) in [5.74, 6) is 0.0948. The fourth-order valence-corrected chi connectivity index (χ4v) is 5.78. The Labute approximate surface area is 175 Å². The molecule has 1 atom stereocenters. The van der Waals surface area contributed by atoms with E-state index in [1.807, 2.05) is 0 Å². The normalized spacial score (nSPS) is 16.9. The molecule has 0 saturated carbocycles. The molecule has 2 N–H and O–H groups in total. The maximum Gasteiger partial charge on any atom is 0.252 e. The van der Waals surface area contributed by atoms with Crippen LogP contribution in [0, 0.1) is 12.7 Å². The Morgan fingerprint density at radius 2 is 1.90 bits per heavy atom. The number of amides is 1. The molecule has 0 saturated heterocycles. The second-order valence-corrected chi connectivity index (χ2v) is 11.0. The van der Waals surface area contributed by atoms with Gasteiger partial charge in [-0.1, -0.05) is 6.07 Å². The number of carbonyl (C=O) groups is 1. The molecule has 156 valence electrons. The molecule has 29 heavy (non-hydrogen) atoms. The van der Waals surface area contributed by atoms with Crippen molar-refractivity contribution in [1.29, 1.82) is 0 Å². The molecule has 8 heteroatoms. The molecule has 3 rings (SSSR count). The lowest BCUT2D eigenvalue weighted by Crippen LogP contribution is -2.40. The molecule has 1 unspecified atom stereocenters. The van der Waals surface area contributed by atoms with Crippen LogP contribution in [0.3, 0.4) is 0 Å². The van der Waals surface area contributed by atoms with E-state index in [2.05, 4.69) is 10.0 Å². The number of aryl methyl sites for hydroxylation is 1. The molecule has 0 spiro atoms. The van der Waals surface area contributed by atoms with E-state index >= 15 is 0 Å². The third-order valence-electron chi connectivity index (χ3n) is 4.52. The van der Waals surface area contributed by atoms with Crippen LogP contribution in [0.5, 0.6) is 0 Å². The van der Waals surface area contributed by atoms with Crippen LogP contribution in [0.1, 0.15) is 54.7 Å². The number of rotatable bonds is 4. The monoisotopic (exact) mass is 436 g/mol. The van der Waals surface area contributed by atoms with E-state index in [0.717, 1.165) is 16.2 Å². The molecule has 0 bridgehead atoms. The van der Waals surface area contributed by atoms with Gasteiger partial charge in [0.1, 0.15) is 5.82 Å². The number of nitrogens with one attached hydrogen (secondary N) is 2. The lowest BCUT2D eigenvalue weighted by molar-refractivity contribution is 0.0934. The first-order valence-corrected chi connectivity index (χ1v) is 11.8. The highest BCUT2D eigenvalue weighted by molar-refractivity contribution is 7.99. The highest BCUT2D eigenvalue weighted by Gasteiger charge is 2.26. The van der Waals surface area contributed by atoms with Crippen LogP contribution in [0.2, 0.25) is 0 Å². The van der Waals surface area contributed by atoms with E-state index in [9.17, 15) is 17.6 Å². The number of carbonyl (C=O) groups excluding carboxylic acids is 1. The maximum absolute atomic E-state index is 13.7. The molecule has 0 aliphatic carbocycles. The molecule has 2 aromatic rings. The second kappa shape index (κ2) is 8.08. The number of thioether (sulfide) groups is 1. The largest absolute Gasteiger partial charge is 0.345 e. The fraction of sp³-hybridized carbons (Fsp3) is 0.381. The maximum atomic E-state index is 13.7. The van der Waals surface area contributed by atoms with Crippen LogP contribution in [0.4, 0.5) is 4.39 Å². The molecular weight excluding hydrogens is 411 g/mol. The van der Waals surface area contributed by atoms with E-state index in [1.54, 1.807) is 51.6 Å².